The molecule has 24 heavy (non-hydrogen) atoms. The van der Waals surface area contributed by atoms with E-state index in [1.54, 1.807) is 18.3 Å². The van der Waals surface area contributed by atoms with Crippen molar-refractivity contribution in [1.82, 2.24) is 5.32 Å². The van der Waals surface area contributed by atoms with Crippen LogP contribution in [0.4, 0.5) is 0 Å². The zero-order chi connectivity index (χ0) is 17.3. The number of hydrogen-bond acceptors (Lipinski definition) is 5. The van der Waals surface area contributed by atoms with Crippen molar-refractivity contribution in [3.63, 3.8) is 0 Å². The van der Waals surface area contributed by atoms with E-state index < -0.39 is 5.60 Å². The van der Waals surface area contributed by atoms with Gasteiger partial charge in [0.25, 0.3) is 0 Å². The molecule has 3 rings (SSSR count). The van der Waals surface area contributed by atoms with Crippen molar-refractivity contribution in [3.05, 3.63) is 45.0 Å². The summed E-state index contributed by atoms with van der Waals surface area (Å²) in [5.41, 5.74) is 0.814. The summed E-state index contributed by atoms with van der Waals surface area (Å²) in [5, 5.41) is 15.5. The number of carbonyl (C=O) groups excluding carboxylic acids is 1. The van der Waals surface area contributed by atoms with Crippen LogP contribution < -0.4 is 5.32 Å². The largest absolute Gasteiger partial charge is 0.466 e. The van der Waals surface area contributed by atoms with Gasteiger partial charge in [-0.25, -0.2) is 0 Å². The predicted molar refractivity (Wildman–Crippen MR) is 92.1 cm³/mol. The maximum Gasteiger partial charge on any atom is 0.223 e. The van der Waals surface area contributed by atoms with Crippen LogP contribution >= 0.6 is 11.3 Å². The minimum absolute atomic E-state index is 0.126. The van der Waals surface area contributed by atoms with E-state index in [1.165, 1.54) is 5.56 Å². The Morgan fingerprint density at radius 1 is 1.50 bits per heavy atom. The molecule has 0 bridgehead atoms. The number of hydrogen-bond donors (Lipinski definition) is 2. The van der Waals surface area contributed by atoms with Crippen LogP contribution in [0.1, 0.15) is 47.0 Å². The van der Waals surface area contributed by atoms with Crippen LogP contribution in [-0.4, -0.2) is 24.2 Å². The van der Waals surface area contributed by atoms with Gasteiger partial charge in [-0.1, -0.05) is 0 Å². The van der Waals surface area contributed by atoms with Crippen molar-refractivity contribution in [2.24, 2.45) is 0 Å². The second-order valence-corrected chi connectivity index (χ2v) is 7.45. The van der Waals surface area contributed by atoms with E-state index >= 15 is 0 Å². The van der Waals surface area contributed by atoms with Crippen LogP contribution in [0.2, 0.25) is 0 Å². The minimum Gasteiger partial charge on any atom is -0.466 e. The number of amides is 1. The van der Waals surface area contributed by atoms with Gasteiger partial charge < -0.3 is 19.6 Å². The zero-order valence-corrected chi connectivity index (χ0v) is 15.0. The summed E-state index contributed by atoms with van der Waals surface area (Å²) in [6.45, 7) is 6.11. The molecular formula is C18H23NO4S. The number of furan rings is 1. The topological polar surface area (TPSA) is 71.7 Å². The second-order valence-electron chi connectivity index (χ2n) is 6.50. The summed E-state index contributed by atoms with van der Waals surface area (Å²) in [5.74, 6) is 1.29. The highest BCUT2D eigenvalue weighted by Crippen LogP contribution is 2.34. The normalized spacial score (nSPS) is 19.6. The summed E-state index contributed by atoms with van der Waals surface area (Å²) in [6.07, 6.45) is 0.995. The third-order valence-corrected chi connectivity index (χ3v) is 5.44. The lowest BCUT2D eigenvalue weighted by Crippen LogP contribution is -2.39. The third kappa shape index (κ3) is 3.55. The fourth-order valence-electron chi connectivity index (χ4n) is 3.15. The van der Waals surface area contributed by atoms with Crippen molar-refractivity contribution in [3.8, 4) is 0 Å². The number of aliphatic hydroxyl groups is 1. The van der Waals surface area contributed by atoms with Gasteiger partial charge in [0.1, 0.15) is 23.2 Å². The Balaban J connectivity index is 1.59. The Kier molecular flexibility index (Phi) is 4.80. The summed E-state index contributed by atoms with van der Waals surface area (Å²) in [7, 11) is 0. The first-order valence-corrected chi connectivity index (χ1v) is 8.99. The fourth-order valence-corrected chi connectivity index (χ4v) is 4.15. The van der Waals surface area contributed by atoms with Crippen molar-refractivity contribution in [2.45, 2.75) is 45.3 Å². The smallest absolute Gasteiger partial charge is 0.223 e. The summed E-state index contributed by atoms with van der Waals surface area (Å²) >= 11 is 1.63. The van der Waals surface area contributed by atoms with Crippen LogP contribution in [0, 0.1) is 13.8 Å². The van der Waals surface area contributed by atoms with E-state index in [0.29, 0.717) is 17.9 Å². The lowest BCUT2D eigenvalue weighted by Gasteiger charge is -2.25. The number of nitrogens with one attached hydrogen (secondary N) is 1. The second kappa shape index (κ2) is 6.70. The molecule has 2 atom stereocenters. The fraction of sp³-hybridized carbons (Fsp3) is 0.500. The zero-order valence-electron chi connectivity index (χ0n) is 14.2. The maximum absolute atomic E-state index is 12.3. The first-order chi connectivity index (χ1) is 11.4. The van der Waals surface area contributed by atoms with E-state index in [0.717, 1.165) is 17.1 Å². The highest BCUT2D eigenvalue weighted by atomic mass is 32.1. The minimum atomic E-state index is -1.17. The van der Waals surface area contributed by atoms with E-state index in [-0.39, 0.29) is 25.0 Å². The Morgan fingerprint density at radius 2 is 2.29 bits per heavy atom. The quantitative estimate of drug-likeness (QED) is 0.870. The van der Waals surface area contributed by atoms with Crippen LogP contribution in [0.25, 0.3) is 0 Å². The Bertz CT molecular complexity index is 731. The van der Waals surface area contributed by atoms with Crippen LogP contribution in [0.5, 0.6) is 0 Å². The number of thiophene rings is 1. The summed E-state index contributed by atoms with van der Waals surface area (Å²) in [6, 6.07) is 3.91. The summed E-state index contributed by atoms with van der Waals surface area (Å²) in [4.78, 5) is 13.4. The molecule has 0 radical (unpaired) electrons. The predicted octanol–water partition coefficient (Wildman–Crippen LogP) is 2.99. The molecule has 1 aliphatic rings. The molecule has 1 amide bonds. The van der Waals surface area contributed by atoms with Gasteiger partial charge in [0.15, 0.2) is 0 Å². The highest BCUT2D eigenvalue weighted by molar-refractivity contribution is 7.10. The average molecular weight is 349 g/mol. The molecule has 0 saturated heterocycles. The monoisotopic (exact) mass is 349 g/mol. The first kappa shape index (κ1) is 17.2. The number of fused-ring (bicyclic) bond motifs is 1. The van der Waals surface area contributed by atoms with Crippen LogP contribution in [-0.2, 0) is 21.6 Å². The van der Waals surface area contributed by atoms with Gasteiger partial charge in [-0.05, 0) is 50.3 Å². The van der Waals surface area contributed by atoms with Crippen molar-refractivity contribution < 1.29 is 19.1 Å². The van der Waals surface area contributed by atoms with Gasteiger partial charge in [0, 0.05) is 10.4 Å². The standard InChI is InChI=1S/C18H23NO4S/c1-11-8-14(12(2)23-11)18(3,21)10-19-16(20)9-15-17-13(4-6-22-15)5-7-24-17/h5,7-8,15,21H,4,6,9-10H2,1-3H3,(H,19,20)/t15-,18+/m0/s1. The Morgan fingerprint density at radius 3 is 3.00 bits per heavy atom. The van der Waals surface area contributed by atoms with E-state index in [4.69, 9.17) is 9.15 Å². The van der Waals surface area contributed by atoms with Gasteiger partial charge >= 0.3 is 0 Å². The first-order valence-electron chi connectivity index (χ1n) is 8.11. The molecule has 0 aromatic carbocycles. The van der Waals surface area contributed by atoms with Gasteiger partial charge in [0.05, 0.1) is 19.6 Å². The molecule has 3 heterocycles. The lowest BCUT2D eigenvalue weighted by atomic mass is 9.96. The number of rotatable bonds is 5. The average Bonchev–Trinajstić information content (AvgIpc) is 3.12. The third-order valence-electron chi connectivity index (χ3n) is 4.39. The van der Waals surface area contributed by atoms with Gasteiger partial charge in [-0.15, -0.1) is 11.3 Å². The van der Waals surface area contributed by atoms with Crippen LogP contribution in [0.15, 0.2) is 21.9 Å². The van der Waals surface area contributed by atoms with Crippen molar-refractivity contribution in [1.29, 1.82) is 0 Å². The summed E-state index contributed by atoms with van der Waals surface area (Å²) < 4.78 is 11.2. The number of carbonyl (C=O) groups is 1. The molecule has 0 spiro atoms. The molecule has 130 valence electrons. The van der Waals surface area contributed by atoms with E-state index in [9.17, 15) is 9.90 Å². The van der Waals surface area contributed by atoms with Gasteiger partial charge in [-0.3, -0.25) is 4.79 Å². The molecule has 5 nitrogen and oxygen atoms in total. The van der Waals surface area contributed by atoms with Crippen molar-refractivity contribution in [2.75, 3.05) is 13.2 Å². The molecule has 1 aliphatic heterocycles. The number of ether oxygens (including phenoxy) is 1. The van der Waals surface area contributed by atoms with Gasteiger partial charge in [-0.2, -0.15) is 0 Å². The molecule has 2 N–H and O–H groups in total. The molecule has 6 heteroatoms. The Labute approximate surface area is 145 Å². The van der Waals surface area contributed by atoms with Gasteiger partial charge in [0.2, 0.25) is 5.91 Å². The van der Waals surface area contributed by atoms with E-state index in [2.05, 4.69) is 11.4 Å². The maximum atomic E-state index is 12.3. The number of aryl methyl sites for hydroxylation is 2. The molecule has 0 fully saturated rings. The van der Waals surface area contributed by atoms with Crippen LogP contribution in [0.3, 0.4) is 0 Å². The highest BCUT2D eigenvalue weighted by Gasteiger charge is 2.29. The molecule has 2 aromatic rings. The molecule has 0 aliphatic carbocycles. The Hall–Kier alpha value is -1.63. The molecule has 2 aromatic heterocycles. The van der Waals surface area contributed by atoms with Crippen molar-refractivity contribution >= 4 is 17.2 Å². The SMILES string of the molecule is Cc1cc([C@](C)(O)CNC(=O)C[C@@H]2OCCc3ccsc32)c(C)o1. The lowest BCUT2D eigenvalue weighted by molar-refractivity contribution is -0.125. The van der Waals surface area contributed by atoms with E-state index in [1.807, 2.05) is 25.3 Å². The molecule has 0 unspecified atom stereocenters. The molecule has 0 saturated carbocycles. The molecular weight excluding hydrogens is 326 g/mol.